The molecule has 0 saturated carbocycles. The molecule has 7 heteroatoms. The Kier molecular flexibility index (Phi) is 4.68. The van der Waals surface area contributed by atoms with Crippen molar-refractivity contribution in [3.05, 3.63) is 34.3 Å². The lowest BCUT2D eigenvalue weighted by molar-refractivity contribution is -0.127. The maximum Gasteiger partial charge on any atom is 0.337 e. The fourth-order valence-electron chi connectivity index (χ4n) is 2.09. The van der Waals surface area contributed by atoms with Crippen molar-refractivity contribution in [3.63, 3.8) is 0 Å². The monoisotopic (exact) mass is 320 g/mol. The summed E-state index contributed by atoms with van der Waals surface area (Å²) in [6.45, 7) is -0.0462. The van der Waals surface area contributed by atoms with Gasteiger partial charge in [-0.05, 0) is 23.8 Å². The fraction of sp³-hybridized carbons (Fsp3) is 0.267. The number of hydrogen-bond acceptors (Lipinski definition) is 4. The van der Waals surface area contributed by atoms with Gasteiger partial charge in [0.2, 0.25) is 0 Å². The van der Waals surface area contributed by atoms with Crippen molar-refractivity contribution in [2.75, 3.05) is 7.11 Å². The third-order valence-electron chi connectivity index (χ3n) is 3.22. The first-order chi connectivity index (χ1) is 10.5. The Labute approximate surface area is 132 Å². The average molecular weight is 321 g/mol. The summed E-state index contributed by atoms with van der Waals surface area (Å²) in [5.74, 6) is 1.40. The largest absolute Gasteiger partial charge is 0.465 e. The third-order valence-corrected chi connectivity index (χ3v) is 3.59. The van der Waals surface area contributed by atoms with E-state index in [4.69, 9.17) is 18.0 Å². The van der Waals surface area contributed by atoms with Crippen LogP contribution in [0.5, 0.6) is 0 Å². The van der Waals surface area contributed by atoms with Crippen LogP contribution in [0.25, 0.3) is 0 Å². The molecule has 0 radical (unpaired) electrons. The van der Waals surface area contributed by atoms with Gasteiger partial charge in [-0.25, -0.2) is 9.59 Å². The predicted octanol–water partition coefficient (Wildman–Crippen LogP) is 1.57. The van der Waals surface area contributed by atoms with Crippen molar-refractivity contribution in [2.24, 2.45) is 0 Å². The van der Waals surface area contributed by atoms with Crippen LogP contribution in [0.2, 0.25) is 5.02 Å². The van der Waals surface area contributed by atoms with Gasteiger partial charge in [-0.1, -0.05) is 11.6 Å². The van der Waals surface area contributed by atoms with Crippen molar-refractivity contribution in [1.29, 1.82) is 0 Å². The predicted molar refractivity (Wildman–Crippen MR) is 79.1 cm³/mol. The number of nitrogens with one attached hydrogen (secondary N) is 1. The molecule has 1 N–H and O–H groups in total. The average Bonchev–Trinajstić information content (AvgIpc) is 2.76. The number of carbonyl (C=O) groups excluding carboxylic acids is 3. The van der Waals surface area contributed by atoms with Crippen molar-refractivity contribution in [3.8, 4) is 12.3 Å². The quantitative estimate of drug-likeness (QED) is 0.519. The van der Waals surface area contributed by atoms with Crippen molar-refractivity contribution < 1.29 is 19.1 Å². The standard InChI is InChI=1S/C15H13ClN2O4/c1-3-4-12-13(19)18(15(21)17-12)8-10-7-9(14(20)22-2)5-6-11(10)16/h1,5-7,12H,4,8H2,2H3,(H,17,21)/t12-/m1/s1. The zero-order chi connectivity index (χ0) is 16.3. The summed E-state index contributed by atoms with van der Waals surface area (Å²) in [6, 6.07) is 3.25. The molecule has 2 rings (SSSR count). The number of rotatable bonds is 4. The number of imide groups is 1. The van der Waals surface area contributed by atoms with Gasteiger partial charge in [0.05, 0.1) is 19.2 Å². The number of nitrogens with zero attached hydrogens (tertiary/aromatic N) is 1. The fourth-order valence-corrected chi connectivity index (χ4v) is 2.27. The summed E-state index contributed by atoms with van der Waals surface area (Å²) >= 11 is 6.06. The zero-order valence-electron chi connectivity index (χ0n) is 11.8. The van der Waals surface area contributed by atoms with E-state index in [9.17, 15) is 14.4 Å². The Hall–Kier alpha value is -2.52. The van der Waals surface area contributed by atoms with Crippen LogP contribution in [0.3, 0.4) is 0 Å². The first-order valence-electron chi connectivity index (χ1n) is 6.40. The molecule has 0 aliphatic carbocycles. The molecule has 1 aliphatic rings. The second-order valence-corrected chi connectivity index (χ2v) is 5.04. The number of amides is 3. The number of esters is 1. The molecular weight excluding hydrogens is 308 g/mol. The SMILES string of the molecule is C#CC[C@H]1NC(=O)N(Cc2cc(C(=O)OC)ccc2Cl)C1=O. The van der Waals surface area contributed by atoms with E-state index >= 15 is 0 Å². The number of terminal acetylenes is 1. The maximum absolute atomic E-state index is 12.1. The summed E-state index contributed by atoms with van der Waals surface area (Å²) in [4.78, 5) is 36.5. The molecular formula is C15H13ClN2O4. The molecule has 1 saturated heterocycles. The first-order valence-corrected chi connectivity index (χ1v) is 6.77. The molecule has 0 unspecified atom stereocenters. The summed E-state index contributed by atoms with van der Waals surface area (Å²) in [5, 5.41) is 2.84. The van der Waals surface area contributed by atoms with Gasteiger partial charge >= 0.3 is 12.0 Å². The maximum atomic E-state index is 12.1. The Balaban J connectivity index is 2.24. The van der Waals surface area contributed by atoms with E-state index in [0.717, 1.165) is 4.90 Å². The van der Waals surface area contributed by atoms with Gasteiger partial charge in [-0.3, -0.25) is 9.69 Å². The van der Waals surface area contributed by atoms with Crippen LogP contribution in [-0.2, 0) is 16.1 Å². The highest BCUT2D eigenvalue weighted by Gasteiger charge is 2.37. The van der Waals surface area contributed by atoms with Crippen LogP contribution in [0.1, 0.15) is 22.3 Å². The lowest BCUT2D eigenvalue weighted by Crippen LogP contribution is -2.31. The van der Waals surface area contributed by atoms with Crippen LogP contribution in [0, 0.1) is 12.3 Å². The van der Waals surface area contributed by atoms with E-state index in [-0.39, 0.29) is 18.5 Å². The molecule has 1 aliphatic heterocycles. The lowest BCUT2D eigenvalue weighted by Gasteiger charge is -2.14. The minimum atomic E-state index is -0.722. The lowest BCUT2D eigenvalue weighted by atomic mass is 10.1. The molecule has 1 heterocycles. The van der Waals surface area contributed by atoms with Crippen LogP contribution in [0.4, 0.5) is 4.79 Å². The third kappa shape index (κ3) is 3.05. The number of hydrogen-bond donors (Lipinski definition) is 1. The van der Waals surface area contributed by atoms with Crippen LogP contribution < -0.4 is 5.32 Å². The molecule has 0 spiro atoms. The van der Waals surface area contributed by atoms with Crippen LogP contribution in [0.15, 0.2) is 18.2 Å². The van der Waals surface area contributed by atoms with Gasteiger partial charge in [0, 0.05) is 11.4 Å². The normalized spacial score (nSPS) is 17.1. The van der Waals surface area contributed by atoms with Gasteiger partial charge in [0.1, 0.15) is 6.04 Å². The van der Waals surface area contributed by atoms with E-state index in [1.165, 1.54) is 25.3 Å². The zero-order valence-corrected chi connectivity index (χ0v) is 12.5. The smallest absolute Gasteiger partial charge is 0.337 e. The molecule has 1 atom stereocenters. The summed E-state index contributed by atoms with van der Waals surface area (Å²) < 4.78 is 4.63. The van der Waals surface area contributed by atoms with Gasteiger partial charge < -0.3 is 10.1 Å². The van der Waals surface area contributed by atoms with Crippen molar-refractivity contribution >= 4 is 29.5 Å². The van der Waals surface area contributed by atoms with Crippen LogP contribution in [-0.4, -0.2) is 36.0 Å². The molecule has 114 valence electrons. The van der Waals surface area contributed by atoms with Gasteiger partial charge in [0.25, 0.3) is 5.91 Å². The molecule has 1 aromatic carbocycles. The van der Waals surface area contributed by atoms with Gasteiger partial charge in [-0.2, -0.15) is 0 Å². The van der Waals surface area contributed by atoms with E-state index < -0.39 is 23.9 Å². The molecule has 1 aromatic rings. The highest BCUT2D eigenvalue weighted by Crippen LogP contribution is 2.22. The summed E-state index contributed by atoms with van der Waals surface area (Å²) in [5.41, 5.74) is 0.753. The minimum absolute atomic E-state index is 0.0462. The van der Waals surface area contributed by atoms with E-state index in [0.29, 0.717) is 10.6 Å². The number of benzene rings is 1. The second kappa shape index (κ2) is 6.50. The Morgan fingerprint density at radius 3 is 2.86 bits per heavy atom. The molecule has 22 heavy (non-hydrogen) atoms. The Bertz CT molecular complexity index is 681. The first kappa shape index (κ1) is 15.9. The second-order valence-electron chi connectivity index (χ2n) is 4.63. The number of carbonyl (C=O) groups is 3. The number of ether oxygens (including phenoxy) is 1. The van der Waals surface area contributed by atoms with Gasteiger partial charge in [0.15, 0.2) is 0 Å². The molecule has 0 bridgehead atoms. The van der Waals surface area contributed by atoms with Crippen molar-refractivity contribution in [2.45, 2.75) is 19.0 Å². The van der Waals surface area contributed by atoms with E-state index in [2.05, 4.69) is 16.0 Å². The summed E-state index contributed by atoms with van der Waals surface area (Å²) in [6.07, 6.45) is 5.28. The topological polar surface area (TPSA) is 75.7 Å². The molecule has 6 nitrogen and oxygen atoms in total. The number of methoxy groups -OCH3 is 1. The van der Waals surface area contributed by atoms with E-state index in [1.807, 2.05) is 0 Å². The van der Waals surface area contributed by atoms with Crippen molar-refractivity contribution in [1.82, 2.24) is 10.2 Å². The van der Waals surface area contributed by atoms with E-state index in [1.54, 1.807) is 0 Å². The Morgan fingerprint density at radius 1 is 1.50 bits per heavy atom. The summed E-state index contributed by atoms with van der Waals surface area (Å²) in [7, 11) is 1.26. The molecule has 3 amide bonds. The van der Waals surface area contributed by atoms with Crippen LogP contribution >= 0.6 is 11.6 Å². The number of urea groups is 1. The van der Waals surface area contributed by atoms with Gasteiger partial charge in [-0.15, -0.1) is 12.3 Å². The minimum Gasteiger partial charge on any atom is -0.465 e. The Morgan fingerprint density at radius 2 is 2.23 bits per heavy atom. The molecule has 1 fully saturated rings. The highest BCUT2D eigenvalue weighted by atomic mass is 35.5. The number of halogens is 1. The molecule has 0 aromatic heterocycles. The highest BCUT2D eigenvalue weighted by molar-refractivity contribution is 6.31.